The molecule has 2 aromatic rings. The molecular formula is C19H27N5O. The van der Waals surface area contributed by atoms with Gasteiger partial charge in [-0.1, -0.05) is 6.07 Å². The van der Waals surface area contributed by atoms with Crippen molar-refractivity contribution in [3.8, 4) is 0 Å². The number of anilines is 1. The van der Waals surface area contributed by atoms with Crippen LogP contribution in [0.1, 0.15) is 37.4 Å². The van der Waals surface area contributed by atoms with Crippen LogP contribution in [0.15, 0.2) is 18.2 Å². The Labute approximate surface area is 148 Å². The molecule has 1 aromatic carbocycles. The molecule has 3 heterocycles. The molecule has 0 bridgehead atoms. The van der Waals surface area contributed by atoms with Gasteiger partial charge >= 0.3 is 0 Å². The Bertz CT molecular complexity index is 726. The molecule has 6 heteroatoms. The number of H-pyrrole nitrogens is 1. The van der Waals surface area contributed by atoms with Gasteiger partial charge in [0.05, 0.1) is 11.2 Å². The Kier molecular flexibility index (Phi) is 4.72. The van der Waals surface area contributed by atoms with E-state index >= 15 is 0 Å². The van der Waals surface area contributed by atoms with E-state index in [1.807, 2.05) is 18.2 Å². The van der Waals surface area contributed by atoms with Gasteiger partial charge in [-0.2, -0.15) is 0 Å². The molecular weight excluding hydrogens is 314 g/mol. The molecule has 2 aliphatic heterocycles. The van der Waals surface area contributed by atoms with E-state index in [9.17, 15) is 4.79 Å². The van der Waals surface area contributed by atoms with Crippen molar-refractivity contribution in [1.82, 2.24) is 19.8 Å². The zero-order valence-electron chi connectivity index (χ0n) is 14.9. The molecule has 25 heavy (non-hydrogen) atoms. The number of hydrogen-bond donors (Lipinski definition) is 2. The molecule has 0 radical (unpaired) electrons. The zero-order valence-corrected chi connectivity index (χ0v) is 14.9. The van der Waals surface area contributed by atoms with Crippen LogP contribution in [0, 0.1) is 0 Å². The number of carbonyl (C=O) groups is 1. The fourth-order valence-corrected chi connectivity index (χ4v) is 4.32. The Balaban J connectivity index is 1.43. The first-order valence-electron chi connectivity index (χ1n) is 9.36. The summed E-state index contributed by atoms with van der Waals surface area (Å²) in [7, 11) is 2.22. The minimum atomic E-state index is 0.485. The Hall–Kier alpha value is -1.92. The van der Waals surface area contributed by atoms with E-state index in [0.29, 0.717) is 12.3 Å². The minimum Gasteiger partial charge on any atom is -0.342 e. The Morgan fingerprint density at radius 1 is 1.16 bits per heavy atom. The van der Waals surface area contributed by atoms with E-state index in [2.05, 4.69) is 27.1 Å². The highest BCUT2D eigenvalue weighted by Gasteiger charge is 2.29. The van der Waals surface area contributed by atoms with Crippen molar-refractivity contribution in [3.05, 3.63) is 24.0 Å². The third kappa shape index (κ3) is 3.41. The van der Waals surface area contributed by atoms with Gasteiger partial charge in [0.25, 0.3) is 0 Å². The number of para-hydroxylation sites is 1. The first-order valence-corrected chi connectivity index (χ1v) is 9.36. The van der Waals surface area contributed by atoms with Gasteiger partial charge in [0, 0.05) is 12.0 Å². The summed E-state index contributed by atoms with van der Waals surface area (Å²) in [5.74, 6) is 1.55. The quantitative estimate of drug-likeness (QED) is 0.838. The van der Waals surface area contributed by atoms with Gasteiger partial charge in [-0.05, 0) is 71.0 Å². The number of nitrogens with one attached hydrogen (secondary N) is 2. The second-order valence-electron chi connectivity index (χ2n) is 7.43. The predicted molar refractivity (Wildman–Crippen MR) is 99.8 cm³/mol. The van der Waals surface area contributed by atoms with Crippen LogP contribution in [0.2, 0.25) is 0 Å². The van der Waals surface area contributed by atoms with Crippen molar-refractivity contribution in [2.45, 2.75) is 37.6 Å². The van der Waals surface area contributed by atoms with Crippen molar-refractivity contribution in [1.29, 1.82) is 0 Å². The summed E-state index contributed by atoms with van der Waals surface area (Å²) in [5, 5.41) is 2.75. The SMILES string of the molecule is CN1CCC(N2CCC(c3nc4c(NC=O)cccc4[nH]3)CC2)CC1. The third-order valence-electron chi connectivity index (χ3n) is 5.87. The maximum Gasteiger partial charge on any atom is 0.211 e. The van der Waals surface area contributed by atoms with Crippen LogP contribution in [-0.4, -0.2) is 65.4 Å². The number of amides is 1. The number of nitrogens with zero attached hydrogens (tertiary/aromatic N) is 3. The molecule has 0 spiro atoms. The zero-order chi connectivity index (χ0) is 17.2. The van der Waals surface area contributed by atoms with Crippen LogP contribution in [0.25, 0.3) is 11.0 Å². The van der Waals surface area contributed by atoms with E-state index in [-0.39, 0.29) is 0 Å². The molecule has 2 fully saturated rings. The van der Waals surface area contributed by atoms with Crippen molar-refractivity contribution >= 4 is 23.1 Å². The van der Waals surface area contributed by atoms with Crippen LogP contribution in [0.5, 0.6) is 0 Å². The topological polar surface area (TPSA) is 64.3 Å². The highest BCUT2D eigenvalue weighted by Crippen LogP contribution is 2.31. The number of imidazole rings is 1. The predicted octanol–water partition coefficient (Wildman–Crippen LogP) is 2.40. The van der Waals surface area contributed by atoms with E-state index in [1.54, 1.807) is 0 Å². The lowest BCUT2D eigenvalue weighted by Crippen LogP contribution is -2.46. The van der Waals surface area contributed by atoms with Crippen LogP contribution in [0.4, 0.5) is 5.69 Å². The van der Waals surface area contributed by atoms with Gasteiger partial charge in [-0.15, -0.1) is 0 Å². The molecule has 0 unspecified atom stereocenters. The van der Waals surface area contributed by atoms with Crippen molar-refractivity contribution in [2.24, 2.45) is 0 Å². The molecule has 4 rings (SSSR count). The van der Waals surface area contributed by atoms with E-state index in [1.165, 1.54) is 25.9 Å². The average molecular weight is 341 g/mol. The van der Waals surface area contributed by atoms with Crippen molar-refractivity contribution in [3.63, 3.8) is 0 Å². The molecule has 1 amide bonds. The summed E-state index contributed by atoms with van der Waals surface area (Å²) in [5.41, 5.74) is 2.64. The minimum absolute atomic E-state index is 0.485. The van der Waals surface area contributed by atoms with Crippen LogP contribution in [-0.2, 0) is 4.79 Å². The largest absolute Gasteiger partial charge is 0.342 e. The lowest BCUT2D eigenvalue weighted by molar-refractivity contribution is -0.105. The molecule has 2 N–H and O–H groups in total. The second kappa shape index (κ2) is 7.14. The highest BCUT2D eigenvalue weighted by atomic mass is 16.1. The lowest BCUT2D eigenvalue weighted by Gasteiger charge is -2.40. The fraction of sp³-hybridized carbons (Fsp3) is 0.579. The number of fused-ring (bicyclic) bond motifs is 1. The van der Waals surface area contributed by atoms with Crippen molar-refractivity contribution < 1.29 is 4.79 Å². The summed E-state index contributed by atoms with van der Waals surface area (Å²) in [6.45, 7) is 4.77. The first-order chi connectivity index (χ1) is 12.2. The van der Waals surface area contributed by atoms with Gasteiger partial charge in [-0.3, -0.25) is 4.79 Å². The van der Waals surface area contributed by atoms with E-state index < -0.39 is 0 Å². The van der Waals surface area contributed by atoms with Gasteiger partial charge < -0.3 is 20.1 Å². The number of piperidine rings is 2. The lowest BCUT2D eigenvalue weighted by atomic mass is 9.93. The molecule has 0 saturated carbocycles. The normalized spacial score (nSPS) is 21.6. The van der Waals surface area contributed by atoms with Crippen LogP contribution >= 0.6 is 0 Å². The van der Waals surface area contributed by atoms with Crippen LogP contribution in [0.3, 0.4) is 0 Å². The standard InChI is InChI=1S/C19H27N5O/c1-23-9-7-15(8-10-23)24-11-5-14(6-12-24)19-21-17-4-2-3-16(20-13-25)18(17)22-19/h2-4,13-15H,5-12H2,1H3,(H,20,25)(H,21,22). The highest BCUT2D eigenvalue weighted by molar-refractivity contribution is 5.92. The third-order valence-corrected chi connectivity index (χ3v) is 5.87. The molecule has 2 aliphatic rings. The van der Waals surface area contributed by atoms with Gasteiger partial charge in [-0.25, -0.2) is 4.98 Å². The summed E-state index contributed by atoms with van der Waals surface area (Å²) in [4.78, 5) is 24.2. The van der Waals surface area contributed by atoms with Gasteiger partial charge in [0.15, 0.2) is 0 Å². The summed E-state index contributed by atoms with van der Waals surface area (Å²) in [6, 6.07) is 6.62. The number of hydrogen-bond acceptors (Lipinski definition) is 4. The Morgan fingerprint density at radius 3 is 2.64 bits per heavy atom. The summed E-state index contributed by atoms with van der Waals surface area (Å²) < 4.78 is 0. The van der Waals surface area contributed by atoms with Crippen molar-refractivity contribution in [2.75, 3.05) is 38.5 Å². The maximum atomic E-state index is 10.8. The summed E-state index contributed by atoms with van der Waals surface area (Å²) >= 11 is 0. The van der Waals surface area contributed by atoms with Gasteiger partial charge in [0.2, 0.25) is 6.41 Å². The number of carbonyl (C=O) groups excluding carboxylic acids is 1. The summed E-state index contributed by atoms with van der Waals surface area (Å²) in [6.07, 6.45) is 5.62. The van der Waals surface area contributed by atoms with Gasteiger partial charge in [0.1, 0.15) is 11.3 Å². The van der Waals surface area contributed by atoms with E-state index in [4.69, 9.17) is 4.98 Å². The first kappa shape index (κ1) is 16.5. The molecule has 0 atom stereocenters. The average Bonchev–Trinajstić information content (AvgIpc) is 3.08. The molecule has 6 nitrogen and oxygen atoms in total. The monoisotopic (exact) mass is 341 g/mol. The molecule has 134 valence electrons. The molecule has 1 aromatic heterocycles. The second-order valence-corrected chi connectivity index (χ2v) is 7.43. The fourth-order valence-electron chi connectivity index (χ4n) is 4.32. The van der Waals surface area contributed by atoms with E-state index in [0.717, 1.165) is 54.5 Å². The number of rotatable bonds is 4. The van der Waals surface area contributed by atoms with Crippen LogP contribution < -0.4 is 5.32 Å². The number of aromatic amines is 1. The smallest absolute Gasteiger partial charge is 0.211 e. The molecule has 0 aliphatic carbocycles. The maximum absolute atomic E-state index is 10.8. The number of likely N-dealkylation sites (tertiary alicyclic amines) is 2. The molecule has 2 saturated heterocycles. The number of benzene rings is 1. The Morgan fingerprint density at radius 2 is 1.92 bits per heavy atom. The number of aromatic nitrogens is 2.